The second-order valence-corrected chi connectivity index (χ2v) is 8.89. The van der Waals surface area contributed by atoms with E-state index in [1.54, 1.807) is 32.0 Å². The molecule has 0 aromatic heterocycles. The molecule has 1 aliphatic carbocycles. The minimum absolute atomic E-state index is 0.0257. The lowest BCUT2D eigenvalue weighted by Crippen LogP contribution is -2.43. The van der Waals surface area contributed by atoms with Crippen molar-refractivity contribution < 1.29 is 33.0 Å². The average molecular weight is 494 g/mol. The number of nitrogens with one attached hydrogen (secondary N) is 1. The molecule has 0 fully saturated rings. The first-order valence-electron chi connectivity index (χ1n) is 11.7. The normalized spacial score (nSPS) is 21.4. The van der Waals surface area contributed by atoms with E-state index in [0.29, 0.717) is 29.1 Å². The first kappa shape index (κ1) is 25.2. The molecule has 36 heavy (non-hydrogen) atoms. The van der Waals surface area contributed by atoms with E-state index >= 15 is 0 Å². The largest absolute Gasteiger partial charge is 0.490 e. The number of para-hydroxylation sites is 1. The molecule has 2 aliphatic rings. The van der Waals surface area contributed by atoms with Gasteiger partial charge in [0, 0.05) is 22.9 Å². The van der Waals surface area contributed by atoms with Crippen LogP contribution in [0.4, 0.5) is 4.39 Å². The third kappa shape index (κ3) is 5.03. The molecule has 0 saturated carbocycles. The van der Waals surface area contributed by atoms with Gasteiger partial charge in [-0.1, -0.05) is 37.3 Å². The predicted octanol–water partition coefficient (Wildman–Crippen LogP) is 4.06. The number of ketones is 1. The molecule has 0 spiro atoms. The topological polar surface area (TPSA) is 90.9 Å². The number of dihydropyridines is 1. The maximum Gasteiger partial charge on any atom is 0.336 e. The number of Topliss-reactive ketones (excluding diaryl/α,β-unsaturated/α-hetero) is 1. The SMILES string of the molecule is COC(=O)[C@@H]1C(=O)C2=C(C[C@H]1C)NC(C)=C(C(=O)OCCOc1ccccc1)[C@H]2c1cccc(F)c1. The Kier molecular flexibility index (Phi) is 7.52. The number of carbonyl (C=O) groups is 3. The lowest BCUT2D eigenvalue weighted by atomic mass is 9.69. The highest BCUT2D eigenvalue weighted by Gasteiger charge is 2.47. The van der Waals surface area contributed by atoms with E-state index in [4.69, 9.17) is 14.2 Å². The Hall–Kier alpha value is -3.94. The number of benzene rings is 2. The maximum atomic E-state index is 14.3. The molecule has 7 nitrogen and oxygen atoms in total. The Balaban J connectivity index is 1.64. The quantitative estimate of drug-likeness (QED) is 0.353. The van der Waals surface area contributed by atoms with Crippen LogP contribution in [0.15, 0.2) is 77.1 Å². The van der Waals surface area contributed by atoms with E-state index in [1.807, 2.05) is 18.2 Å². The Morgan fingerprint density at radius 3 is 2.53 bits per heavy atom. The van der Waals surface area contributed by atoms with Crippen molar-refractivity contribution in [2.45, 2.75) is 26.2 Å². The molecule has 1 aliphatic heterocycles. The number of methoxy groups -OCH3 is 1. The van der Waals surface area contributed by atoms with E-state index in [-0.39, 0.29) is 30.3 Å². The molecule has 8 heteroatoms. The highest BCUT2D eigenvalue weighted by Crippen LogP contribution is 2.45. The summed E-state index contributed by atoms with van der Waals surface area (Å²) in [7, 11) is 1.24. The van der Waals surface area contributed by atoms with Crippen LogP contribution in [0.1, 0.15) is 31.7 Å². The number of halogens is 1. The summed E-state index contributed by atoms with van der Waals surface area (Å²) < 4.78 is 30.2. The molecule has 0 amide bonds. The second-order valence-electron chi connectivity index (χ2n) is 8.89. The van der Waals surface area contributed by atoms with Gasteiger partial charge < -0.3 is 19.5 Å². The number of carbonyl (C=O) groups excluding carboxylic acids is 3. The number of rotatable bonds is 7. The predicted molar refractivity (Wildman–Crippen MR) is 129 cm³/mol. The van der Waals surface area contributed by atoms with Gasteiger partial charge in [0.2, 0.25) is 0 Å². The Morgan fingerprint density at radius 1 is 1.08 bits per heavy atom. The maximum absolute atomic E-state index is 14.3. The molecule has 0 saturated heterocycles. The zero-order valence-corrected chi connectivity index (χ0v) is 20.4. The Labute approximate surface area is 208 Å². The van der Waals surface area contributed by atoms with Crippen LogP contribution in [-0.4, -0.2) is 38.0 Å². The van der Waals surface area contributed by atoms with Gasteiger partial charge in [0.05, 0.1) is 12.7 Å². The summed E-state index contributed by atoms with van der Waals surface area (Å²) in [4.78, 5) is 39.4. The lowest BCUT2D eigenvalue weighted by Gasteiger charge is -2.38. The molecule has 4 rings (SSSR count). The third-order valence-corrected chi connectivity index (χ3v) is 6.47. The molecule has 2 aromatic rings. The summed E-state index contributed by atoms with van der Waals surface area (Å²) in [5.41, 5.74) is 1.98. The Morgan fingerprint density at radius 2 is 1.83 bits per heavy atom. The zero-order chi connectivity index (χ0) is 25.8. The van der Waals surface area contributed by atoms with Crippen molar-refractivity contribution in [3.63, 3.8) is 0 Å². The molecule has 0 unspecified atom stereocenters. The molecule has 1 heterocycles. The fraction of sp³-hybridized carbons (Fsp3) is 0.321. The number of hydrogen-bond donors (Lipinski definition) is 1. The third-order valence-electron chi connectivity index (χ3n) is 6.47. The standard InChI is InChI=1S/C28H28FNO6/c1-16-14-21-25(26(31)22(16)27(32)34-3)24(18-8-7-9-19(29)15-18)23(17(2)30-21)28(33)36-13-12-35-20-10-5-4-6-11-20/h4-11,15-16,22,24,30H,12-14H2,1-3H3/t16-,22+,24-/m1/s1. The van der Waals surface area contributed by atoms with Gasteiger partial charge in [0.1, 0.15) is 30.7 Å². The molecule has 1 N–H and O–H groups in total. The summed E-state index contributed by atoms with van der Waals surface area (Å²) >= 11 is 0. The van der Waals surface area contributed by atoms with Gasteiger partial charge in [-0.25, -0.2) is 9.18 Å². The van der Waals surface area contributed by atoms with Gasteiger partial charge in [-0.2, -0.15) is 0 Å². The van der Waals surface area contributed by atoms with E-state index < -0.39 is 35.4 Å². The zero-order valence-electron chi connectivity index (χ0n) is 20.4. The van der Waals surface area contributed by atoms with Crippen LogP contribution in [0.3, 0.4) is 0 Å². The van der Waals surface area contributed by atoms with Crippen LogP contribution in [0.5, 0.6) is 5.75 Å². The molecular formula is C28H28FNO6. The number of allylic oxidation sites excluding steroid dienone is 3. The highest BCUT2D eigenvalue weighted by atomic mass is 19.1. The first-order chi connectivity index (χ1) is 17.3. The molecule has 188 valence electrons. The molecule has 3 atom stereocenters. The van der Waals surface area contributed by atoms with Crippen LogP contribution >= 0.6 is 0 Å². The van der Waals surface area contributed by atoms with Crippen molar-refractivity contribution >= 4 is 17.7 Å². The van der Waals surface area contributed by atoms with Crippen molar-refractivity contribution in [3.05, 3.63) is 88.5 Å². The molecule has 0 radical (unpaired) electrons. The smallest absolute Gasteiger partial charge is 0.336 e. The van der Waals surface area contributed by atoms with E-state index in [0.717, 1.165) is 0 Å². The van der Waals surface area contributed by atoms with E-state index in [2.05, 4.69) is 5.32 Å². The van der Waals surface area contributed by atoms with Gasteiger partial charge in [-0.15, -0.1) is 0 Å². The van der Waals surface area contributed by atoms with Crippen LogP contribution in [0.2, 0.25) is 0 Å². The monoisotopic (exact) mass is 493 g/mol. The number of ether oxygens (including phenoxy) is 3. The van der Waals surface area contributed by atoms with Gasteiger partial charge in [0.25, 0.3) is 0 Å². The van der Waals surface area contributed by atoms with Crippen molar-refractivity contribution in [2.24, 2.45) is 11.8 Å². The van der Waals surface area contributed by atoms with Crippen LogP contribution in [-0.2, 0) is 23.9 Å². The fourth-order valence-corrected chi connectivity index (χ4v) is 4.86. The minimum atomic E-state index is -1.01. The summed E-state index contributed by atoms with van der Waals surface area (Å²) in [6, 6.07) is 14.9. The summed E-state index contributed by atoms with van der Waals surface area (Å²) in [6.45, 7) is 3.63. The number of esters is 2. The second kappa shape index (κ2) is 10.8. The van der Waals surface area contributed by atoms with Crippen LogP contribution < -0.4 is 10.1 Å². The van der Waals surface area contributed by atoms with Crippen molar-refractivity contribution in [1.82, 2.24) is 5.32 Å². The van der Waals surface area contributed by atoms with E-state index in [1.165, 1.54) is 25.3 Å². The van der Waals surface area contributed by atoms with Gasteiger partial charge in [-0.05, 0) is 49.1 Å². The summed E-state index contributed by atoms with van der Waals surface area (Å²) in [5.74, 6) is -3.80. The summed E-state index contributed by atoms with van der Waals surface area (Å²) in [5, 5.41) is 3.18. The van der Waals surface area contributed by atoms with Crippen molar-refractivity contribution in [2.75, 3.05) is 20.3 Å². The lowest BCUT2D eigenvalue weighted by molar-refractivity contribution is -0.151. The minimum Gasteiger partial charge on any atom is -0.490 e. The highest BCUT2D eigenvalue weighted by molar-refractivity contribution is 6.12. The average Bonchev–Trinajstić information content (AvgIpc) is 2.86. The molecule has 0 bridgehead atoms. The summed E-state index contributed by atoms with van der Waals surface area (Å²) in [6.07, 6.45) is 0.400. The fourth-order valence-electron chi connectivity index (χ4n) is 4.86. The van der Waals surface area contributed by atoms with Gasteiger partial charge in [-0.3, -0.25) is 9.59 Å². The molecular weight excluding hydrogens is 465 g/mol. The van der Waals surface area contributed by atoms with Crippen molar-refractivity contribution in [1.29, 1.82) is 0 Å². The molecule has 2 aromatic carbocycles. The Bertz CT molecular complexity index is 1240. The van der Waals surface area contributed by atoms with Crippen LogP contribution in [0.25, 0.3) is 0 Å². The van der Waals surface area contributed by atoms with Gasteiger partial charge >= 0.3 is 11.9 Å². The first-order valence-corrected chi connectivity index (χ1v) is 11.7. The van der Waals surface area contributed by atoms with E-state index in [9.17, 15) is 18.8 Å². The number of hydrogen-bond acceptors (Lipinski definition) is 7. The van der Waals surface area contributed by atoms with Crippen LogP contribution in [0, 0.1) is 17.7 Å². The van der Waals surface area contributed by atoms with Gasteiger partial charge in [0.15, 0.2) is 5.78 Å². The van der Waals surface area contributed by atoms with Crippen molar-refractivity contribution in [3.8, 4) is 5.75 Å².